The van der Waals surface area contributed by atoms with Crippen LogP contribution in [0.2, 0.25) is 0 Å². The van der Waals surface area contributed by atoms with E-state index in [0.29, 0.717) is 18.7 Å². The number of aromatic hydroxyl groups is 1. The number of carbonyl (C=O) groups is 2. The van der Waals surface area contributed by atoms with Crippen molar-refractivity contribution in [2.45, 2.75) is 12.8 Å². The molecule has 1 fully saturated rings. The number of benzene rings is 1. The third-order valence-electron chi connectivity index (χ3n) is 3.34. The van der Waals surface area contributed by atoms with Crippen molar-refractivity contribution in [1.29, 1.82) is 0 Å². The van der Waals surface area contributed by atoms with Crippen molar-refractivity contribution in [3.63, 3.8) is 0 Å². The summed E-state index contributed by atoms with van der Waals surface area (Å²) in [7, 11) is 1.36. The van der Waals surface area contributed by atoms with Gasteiger partial charge in [-0.3, -0.25) is 9.59 Å². The molecule has 1 aliphatic heterocycles. The fourth-order valence-electron chi connectivity index (χ4n) is 2.34. The standard InChI is InChI=1S/C14H17NO4/c1-19-14(18)11-5-3-7-15(9-11)13(17)10-4-2-6-12(16)8-10/h2,4,6,8,11,16H,3,5,7,9H2,1H3/t11-/m0/s1. The minimum Gasteiger partial charge on any atom is -0.508 e. The lowest BCUT2D eigenvalue weighted by Crippen LogP contribution is -2.42. The van der Waals surface area contributed by atoms with Crippen molar-refractivity contribution < 1.29 is 19.4 Å². The fraction of sp³-hybridized carbons (Fsp3) is 0.429. The molecule has 0 spiro atoms. The Morgan fingerprint density at radius 3 is 2.89 bits per heavy atom. The van der Waals surface area contributed by atoms with E-state index in [0.717, 1.165) is 12.8 Å². The van der Waals surface area contributed by atoms with E-state index < -0.39 is 0 Å². The molecule has 1 aromatic carbocycles. The van der Waals surface area contributed by atoms with Crippen molar-refractivity contribution in [1.82, 2.24) is 4.90 Å². The number of likely N-dealkylation sites (tertiary alicyclic amines) is 1. The first-order valence-electron chi connectivity index (χ1n) is 6.28. The van der Waals surface area contributed by atoms with Gasteiger partial charge in [0.15, 0.2) is 0 Å². The zero-order valence-corrected chi connectivity index (χ0v) is 10.8. The van der Waals surface area contributed by atoms with Gasteiger partial charge in [-0.05, 0) is 31.0 Å². The summed E-state index contributed by atoms with van der Waals surface area (Å²) in [5.41, 5.74) is 0.436. The molecule has 102 valence electrons. The van der Waals surface area contributed by atoms with Crippen LogP contribution < -0.4 is 0 Å². The van der Waals surface area contributed by atoms with Gasteiger partial charge in [0.1, 0.15) is 5.75 Å². The number of amides is 1. The number of carbonyl (C=O) groups excluding carboxylic acids is 2. The molecule has 1 amide bonds. The summed E-state index contributed by atoms with van der Waals surface area (Å²) < 4.78 is 4.73. The first-order valence-corrected chi connectivity index (χ1v) is 6.28. The van der Waals surface area contributed by atoms with Crippen LogP contribution in [0.4, 0.5) is 0 Å². The van der Waals surface area contributed by atoms with Crippen LogP contribution in [-0.4, -0.2) is 42.1 Å². The summed E-state index contributed by atoms with van der Waals surface area (Å²) in [6.07, 6.45) is 1.53. The average Bonchev–Trinajstić information content (AvgIpc) is 2.45. The predicted octanol–water partition coefficient (Wildman–Crippen LogP) is 1.42. The van der Waals surface area contributed by atoms with Gasteiger partial charge in [0, 0.05) is 18.7 Å². The second kappa shape index (κ2) is 5.73. The molecule has 0 saturated carbocycles. The number of hydrogen-bond acceptors (Lipinski definition) is 4. The number of ether oxygens (including phenoxy) is 1. The van der Waals surface area contributed by atoms with Crippen molar-refractivity contribution in [2.24, 2.45) is 5.92 Å². The van der Waals surface area contributed by atoms with Crippen LogP contribution in [0.25, 0.3) is 0 Å². The highest BCUT2D eigenvalue weighted by molar-refractivity contribution is 5.95. The maximum atomic E-state index is 12.3. The second-order valence-corrected chi connectivity index (χ2v) is 4.66. The zero-order chi connectivity index (χ0) is 13.8. The molecule has 0 aromatic heterocycles. The first kappa shape index (κ1) is 13.4. The van der Waals surface area contributed by atoms with Crippen LogP contribution in [0.15, 0.2) is 24.3 Å². The molecule has 5 nitrogen and oxygen atoms in total. The van der Waals surface area contributed by atoms with Gasteiger partial charge in [0.25, 0.3) is 5.91 Å². The Balaban J connectivity index is 2.09. The average molecular weight is 263 g/mol. The minimum atomic E-state index is -0.270. The van der Waals surface area contributed by atoms with E-state index >= 15 is 0 Å². The lowest BCUT2D eigenvalue weighted by atomic mass is 9.97. The minimum absolute atomic E-state index is 0.0624. The number of phenolic OH excluding ortho intramolecular Hbond substituents is 1. The highest BCUT2D eigenvalue weighted by Gasteiger charge is 2.29. The van der Waals surface area contributed by atoms with Crippen molar-refractivity contribution in [3.8, 4) is 5.75 Å². The molecule has 19 heavy (non-hydrogen) atoms. The molecule has 1 atom stereocenters. The number of nitrogens with zero attached hydrogens (tertiary/aromatic N) is 1. The van der Waals surface area contributed by atoms with Crippen LogP contribution in [0, 0.1) is 5.92 Å². The van der Waals surface area contributed by atoms with E-state index in [2.05, 4.69) is 0 Å². The largest absolute Gasteiger partial charge is 0.508 e. The second-order valence-electron chi connectivity index (χ2n) is 4.66. The zero-order valence-electron chi connectivity index (χ0n) is 10.8. The highest BCUT2D eigenvalue weighted by atomic mass is 16.5. The lowest BCUT2D eigenvalue weighted by molar-refractivity contribution is -0.146. The van der Waals surface area contributed by atoms with Crippen LogP contribution in [0.1, 0.15) is 23.2 Å². The van der Waals surface area contributed by atoms with E-state index in [1.807, 2.05) is 0 Å². The quantitative estimate of drug-likeness (QED) is 0.819. The first-order chi connectivity index (χ1) is 9.11. The van der Waals surface area contributed by atoms with E-state index in [-0.39, 0.29) is 23.5 Å². The van der Waals surface area contributed by atoms with E-state index in [1.54, 1.807) is 17.0 Å². The maximum Gasteiger partial charge on any atom is 0.310 e. The Hall–Kier alpha value is -2.04. The fourth-order valence-corrected chi connectivity index (χ4v) is 2.34. The molecule has 1 saturated heterocycles. The number of phenols is 1. The summed E-state index contributed by atoms with van der Waals surface area (Å²) >= 11 is 0. The summed E-state index contributed by atoms with van der Waals surface area (Å²) in [6, 6.07) is 6.24. The molecule has 2 rings (SSSR count). The Bertz CT molecular complexity index is 486. The van der Waals surface area contributed by atoms with Crippen LogP contribution in [0.5, 0.6) is 5.75 Å². The van der Waals surface area contributed by atoms with Crippen molar-refractivity contribution >= 4 is 11.9 Å². The van der Waals surface area contributed by atoms with E-state index in [4.69, 9.17) is 4.74 Å². The number of rotatable bonds is 2. The highest BCUT2D eigenvalue weighted by Crippen LogP contribution is 2.21. The Labute approximate surface area is 111 Å². The van der Waals surface area contributed by atoms with E-state index in [1.165, 1.54) is 19.2 Å². The Morgan fingerprint density at radius 1 is 1.42 bits per heavy atom. The Morgan fingerprint density at radius 2 is 2.21 bits per heavy atom. The molecule has 1 aromatic rings. The maximum absolute atomic E-state index is 12.3. The summed E-state index contributed by atoms with van der Waals surface area (Å²) in [5, 5.41) is 9.39. The predicted molar refractivity (Wildman–Crippen MR) is 68.8 cm³/mol. The van der Waals surface area contributed by atoms with Crippen molar-refractivity contribution in [2.75, 3.05) is 20.2 Å². The Kier molecular flexibility index (Phi) is 4.04. The molecule has 0 bridgehead atoms. The molecule has 5 heteroatoms. The molecule has 0 aliphatic carbocycles. The third kappa shape index (κ3) is 3.05. The monoisotopic (exact) mass is 263 g/mol. The lowest BCUT2D eigenvalue weighted by Gasteiger charge is -2.31. The van der Waals surface area contributed by atoms with Gasteiger partial charge in [-0.1, -0.05) is 6.07 Å². The molecule has 0 unspecified atom stereocenters. The van der Waals surface area contributed by atoms with Gasteiger partial charge in [-0.2, -0.15) is 0 Å². The van der Waals surface area contributed by atoms with Gasteiger partial charge >= 0.3 is 5.97 Å². The molecule has 1 aliphatic rings. The summed E-state index contributed by atoms with van der Waals surface area (Å²) in [5.74, 6) is -0.620. The summed E-state index contributed by atoms with van der Waals surface area (Å²) in [6.45, 7) is 1.00. The number of piperidine rings is 1. The van der Waals surface area contributed by atoms with Gasteiger partial charge in [0.05, 0.1) is 13.0 Å². The van der Waals surface area contributed by atoms with Gasteiger partial charge in [-0.25, -0.2) is 0 Å². The van der Waals surface area contributed by atoms with Crippen LogP contribution >= 0.6 is 0 Å². The third-order valence-corrected chi connectivity index (χ3v) is 3.34. The van der Waals surface area contributed by atoms with Gasteiger partial charge in [-0.15, -0.1) is 0 Å². The number of hydrogen-bond donors (Lipinski definition) is 1. The summed E-state index contributed by atoms with van der Waals surface area (Å²) in [4.78, 5) is 25.4. The number of methoxy groups -OCH3 is 1. The van der Waals surface area contributed by atoms with Gasteiger partial charge < -0.3 is 14.7 Å². The topological polar surface area (TPSA) is 66.8 Å². The normalized spacial score (nSPS) is 19.0. The molecular weight excluding hydrogens is 246 g/mol. The molecular formula is C14H17NO4. The van der Waals surface area contributed by atoms with Crippen LogP contribution in [0.3, 0.4) is 0 Å². The van der Waals surface area contributed by atoms with Crippen molar-refractivity contribution in [3.05, 3.63) is 29.8 Å². The smallest absolute Gasteiger partial charge is 0.310 e. The van der Waals surface area contributed by atoms with E-state index in [9.17, 15) is 14.7 Å². The number of esters is 1. The SMILES string of the molecule is COC(=O)[C@H]1CCCN(C(=O)c2cccc(O)c2)C1. The molecule has 1 heterocycles. The van der Waals surface area contributed by atoms with Crippen LogP contribution in [-0.2, 0) is 9.53 Å². The molecule has 1 N–H and O–H groups in total. The van der Waals surface area contributed by atoms with Gasteiger partial charge in [0.2, 0.25) is 0 Å². The molecule has 0 radical (unpaired) electrons.